The second-order valence-electron chi connectivity index (χ2n) is 5.15. The molecule has 0 bridgehead atoms. The van der Waals surface area contributed by atoms with Gasteiger partial charge in [-0.15, -0.1) is 0 Å². The van der Waals surface area contributed by atoms with Crippen LogP contribution in [0.4, 0.5) is 13.2 Å². The molecule has 2 rings (SSSR count). The topological polar surface area (TPSA) is 17.1 Å². The summed E-state index contributed by atoms with van der Waals surface area (Å²) in [5.41, 5.74) is 2.83. The van der Waals surface area contributed by atoms with Crippen LogP contribution in [-0.2, 0) is 11.5 Å². The van der Waals surface area contributed by atoms with Crippen LogP contribution in [0.15, 0.2) is 36.4 Å². The monoisotopic (exact) mass is 372 g/mol. The molecule has 0 amide bonds. The molecule has 0 heterocycles. The Balaban J connectivity index is 2.21. The Morgan fingerprint density at radius 1 is 1.05 bits per heavy atom. The summed E-state index contributed by atoms with van der Waals surface area (Å²) in [6.45, 7) is 4.02. The van der Waals surface area contributed by atoms with Gasteiger partial charge in [-0.1, -0.05) is 0 Å². The fraction of sp³-hybridized carbons (Fsp3) is 0.235. The van der Waals surface area contributed by atoms with E-state index in [1.54, 1.807) is 0 Å². The van der Waals surface area contributed by atoms with Gasteiger partial charge in [0.15, 0.2) is 0 Å². The van der Waals surface area contributed by atoms with Crippen molar-refractivity contribution in [3.63, 3.8) is 0 Å². The quantitative estimate of drug-likeness (QED) is 0.592. The SMILES string of the molecule is Cc1cc(C)cc(C[Se]c2ccc(C(F)(F)F)cc2C=O)c1. The summed E-state index contributed by atoms with van der Waals surface area (Å²) in [5.74, 6) is 0. The molecule has 0 aliphatic carbocycles. The van der Waals surface area contributed by atoms with Gasteiger partial charge in [0.05, 0.1) is 0 Å². The van der Waals surface area contributed by atoms with Gasteiger partial charge in [0.25, 0.3) is 0 Å². The van der Waals surface area contributed by atoms with E-state index >= 15 is 0 Å². The van der Waals surface area contributed by atoms with Crippen molar-refractivity contribution >= 4 is 25.7 Å². The van der Waals surface area contributed by atoms with Crippen LogP contribution in [0.5, 0.6) is 0 Å². The summed E-state index contributed by atoms with van der Waals surface area (Å²) in [6.07, 6.45) is -3.91. The number of rotatable bonds is 4. The van der Waals surface area contributed by atoms with E-state index in [-0.39, 0.29) is 20.5 Å². The summed E-state index contributed by atoms with van der Waals surface area (Å²) in [7, 11) is 0. The average molecular weight is 371 g/mol. The van der Waals surface area contributed by atoms with Crippen LogP contribution in [-0.4, -0.2) is 21.2 Å². The fourth-order valence-corrected chi connectivity index (χ4v) is 4.21. The van der Waals surface area contributed by atoms with E-state index in [1.807, 2.05) is 13.8 Å². The van der Waals surface area contributed by atoms with E-state index in [1.165, 1.54) is 6.07 Å². The Morgan fingerprint density at radius 2 is 1.68 bits per heavy atom. The molecule has 2 aromatic carbocycles. The van der Waals surface area contributed by atoms with Crippen LogP contribution in [0.25, 0.3) is 0 Å². The van der Waals surface area contributed by atoms with Crippen molar-refractivity contribution < 1.29 is 18.0 Å². The van der Waals surface area contributed by atoms with Crippen molar-refractivity contribution in [3.8, 4) is 0 Å². The van der Waals surface area contributed by atoms with E-state index in [2.05, 4.69) is 18.2 Å². The molecule has 0 atom stereocenters. The van der Waals surface area contributed by atoms with Crippen LogP contribution in [0.3, 0.4) is 0 Å². The Hall–Kier alpha value is -1.58. The third-order valence-electron chi connectivity index (χ3n) is 3.14. The third-order valence-corrected chi connectivity index (χ3v) is 5.57. The molecule has 5 heteroatoms. The van der Waals surface area contributed by atoms with Gasteiger partial charge >= 0.3 is 133 Å². The first kappa shape index (κ1) is 16.8. The molecule has 0 unspecified atom stereocenters. The van der Waals surface area contributed by atoms with Gasteiger partial charge in [-0.25, -0.2) is 0 Å². The van der Waals surface area contributed by atoms with E-state index in [4.69, 9.17) is 0 Å². The number of carbonyl (C=O) groups is 1. The maximum absolute atomic E-state index is 12.7. The summed E-state index contributed by atoms with van der Waals surface area (Å²) in [5, 5.41) is 0.752. The Morgan fingerprint density at radius 3 is 2.23 bits per heavy atom. The molecule has 0 saturated heterocycles. The molecule has 0 fully saturated rings. The number of alkyl halides is 3. The van der Waals surface area contributed by atoms with Gasteiger partial charge in [-0.3, -0.25) is 0 Å². The third kappa shape index (κ3) is 4.21. The van der Waals surface area contributed by atoms with E-state index < -0.39 is 11.7 Å². The van der Waals surface area contributed by atoms with E-state index in [0.717, 1.165) is 34.1 Å². The molecule has 0 spiro atoms. The van der Waals surface area contributed by atoms with Crippen molar-refractivity contribution in [2.75, 3.05) is 0 Å². The Labute approximate surface area is 133 Å². The molecule has 0 saturated carbocycles. The van der Waals surface area contributed by atoms with Crippen molar-refractivity contribution in [1.82, 2.24) is 0 Å². The zero-order valence-electron chi connectivity index (χ0n) is 12.2. The minimum absolute atomic E-state index is 0.0827. The number of aryl methyl sites for hydroxylation is 2. The predicted octanol–water partition coefficient (Wildman–Crippen LogP) is 3.66. The first-order valence-electron chi connectivity index (χ1n) is 6.66. The van der Waals surface area contributed by atoms with Crippen LogP contribution in [0.2, 0.25) is 0 Å². The van der Waals surface area contributed by atoms with Crippen LogP contribution in [0, 0.1) is 13.8 Å². The van der Waals surface area contributed by atoms with Crippen LogP contribution >= 0.6 is 0 Å². The molecule has 0 aliphatic heterocycles. The van der Waals surface area contributed by atoms with Crippen molar-refractivity contribution in [1.29, 1.82) is 0 Å². The van der Waals surface area contributed by atoms with Crippen LogP contribution < -0.4 is 4.46 Å². The molecule has 0 radical (unpaired) electrons. The van der Waals surface area contributed by atoms with Gasteiger partial charge in [-0.2, -0.15) is 0 Å². The van der Waals surface area contributed by atoms with Gasteiger partial charge in [0, 0.05) is 0 Å². The number of hydrogen-bond donors (Lipinski definition) is 0. The number of benzene rings is 2. The normalized spacial score (nSPS) is 11.5. The van der Waals surface area contributed by atoms with Crippen molar-refractivity contribution in [2.45, 2.75) is 25.3 Å². The molecule has 2 aromatic rings. The molecule has 0 aromatic heterocycles. The molecular weight excluding hydrogens is 356 g/mol. The zero-order valence-corrected chi connectivity index (χ0v) is 13.9. The molecule has 1 nitrogen and oxygen atoms in total. The maximum atomic E-state index is 12.7. The predicted molar refractivity (Wildman–Crippen MR) is 81.8 cm³/mol. The molecular formula is C17H15F3OSe. The standard InChI is InChI=1S/C17H15F3OSe/c1-11-5-12(2)7-13(6-11)10-22-16-4-3-15(17(18,19)20)8-14(16)9-21/h3-9H,10H2,1-2H3. The van der Waals surface area contributed by atoms with Gasteiger partial charge in [-0.05, 0) is 0 Å². The number of aldehydes is 1. The van der Waals surface area contributed by atoms with E-state index in [9.17, 15) is 18.0 Å². The minimum atomic E-state index is -4.42. The first-order valence-corrected chi connectivity index (χ1v) is 8.73. The van der Waals surface area contributed by atoms with Gasteiger partial charge in [0.2, 0.25) is 0 Å². The van der Waals surface area contributed by atoms with Gasteiger partial charge < -0.3 is 0 Å². The fourth-order valence-electron chi connectivity index (χ4n) is 2.26. The second kappa shape index (κ2) is 6.67. The van der Waals surface area contributed by atoms with Gasteiger partial charge in [0.1, 0.15) is 0 Å². The summed E-state index contributed by atoms with van der Waals surface area (Å²) in [4.78, 5) is 11.1. The van der Waals surface area contributed by atoms with E-state index in [0.29, 0.717) is 10.7 Å². The second-order valence-corrected chi connectivity index (χ2v) is 7.29. The molecule has 0 aliphatic rings. The zero-order chi connectivity index (χ0) is 16.3. The summed E-state index contributed by atoms with van der Waals surface area (Å²) in [6, 6.07) is 9.62. The molecule has 0 N–H and O–H groups in total. The number of halogens is 3. The molecule has 116 valence electrons. The number of hydrogen-bond acceptors (Lipinski definition) is 1. The van der Waals surface area contributed by atoms with Crippen LogP contribution in [0.1, 0.15) is 32.6 Å². The Bertz CT molecular complexity index is 673. The van der Waals surface area contributed by atoms with Crippen molar-refractivity contribution in [2.24, 2.45) is 0 Å². The summed E-state index contributed by atoms with van der Waals surface area (Å²) >= 11 is -0.0827. The Kier molecular flexibility index (Phi) is 5.09. The first-order chi connectivity index (χ1) is 10.3. The molecule has 22 heavy (non-hydrogen) atoms. The number of carbonyl (C=O) groups excluding carboxylic acids is 1. The summed E-state index contributed by atoms with van der Waals surface area (Å²) < 4.78 is 38.7. The van der Waals surface area contributed by atoms with Crippen molar-refractivity contribution in [3.05, 3.63) is 64.2 Å². The average Bonchev–Trinajstić information content (AvgIpc) is 2.43.